The molecule has 1 aliphatic rings. The van der Waals surface area contributed by atoms with E-state index in [1.54, 1.807) is 0 Å². The molecule has 1 heterocycles. The van der Waals surface area contributed by atoms with Gasteiger partial charge in [-0.25, -0.2) is 8.42 Å². The number of amides is 1. The van der Waals surface area contributed by atoms with Gasteiger partial charge in [-0.2, -0.15) is 0 Å². The van der Waals surface area contributed by atoms with Gasteiger partial charge in [0.2, 0.25) is 5.91 Å². The molecule has 0 saturated carbocycles. The van der Waals surface area contributed by atoms with E-state index in [1.165, 1.54) is 0 Å². The number of hydrogen-bond acceptors (Lipinski definition) is 4. The summed E-state index contributed by atoms with van der Waals surface area (Å²) in [5.41, 5.74) is 2.60. The molecule has 1 atom stereocenters. The first kappa shape index (κ1) is 17.7. The predicted molar refractivity (Wildman–Crippen MR) is 89.3 cm³/mol. The van der Waals surface area contributed by atoms with Crippen LogP contribution < -0.4 is 5.32 Å². The summed E-state index contributed by atoms with van der Waals surface area (Å²) in [5, 5.41) is 2.74. The van der Waals surface area contributed by atoms with Gasteiger partial charge in [0.25, 0.3) is 0 Å². The van der Waals surface area contributed by atoms with Gasteiger partial charge in [-0.1, -0.05) is 17.7 Å². The minimum Gasteiger partial charge on any atom is -0.356 e. The van der Waals surface area contributed by atoms with Gasteiger partial charge in [-0.3, -0.25) is 9.59 Å². The zero-order chi connectivity index (χ0) is 17.0. The molecule has 1 aromatic carbocycles. The van der Waals surface area contributed by atoms with Gasteiger partial charge in [0, 0.05) is 24.9 Å². The number of hydrogen-bond donors (Lipinski definition) is 1. The van der Waals surface area contributed by atoms with Crippen LogP contribution in [0.3, 0.4) is 0 Å². The van der Waals surface area contributed by atoms with Crippen molar-refractivity contribution in [2.75, 3.05) is 18.1 Å². The molecular formula is C17H23NO4S. The van der Waals surface area contributed by atoms with E-state index in [0.29, 0.717) is 18.5 Å². The number of sulfone groups is 1. The summed E-state index contributed by atoms with van der Waals surface area (Å²) in [7, 11) is -2.92. The van der Waals surface area contributed by atoms with E-state index >= 15 is 0 Å². The third kappa shape index (κ3) is 5.16. The van der Waals surface area contributed by atoms with Crippen LogP contribution in [-0.2, 0) is 14.6 Å². The van der Waals surface area contributed by atoms with Crippen LogP contribution in [0.25, 0.3) is 0 Å². The summed E-state index contributed by atoms with van der Waals surface area (Å²) in [6.45, 7) is 4.18. The Labute approximate surface area is 137 Å². The molecule has 126 valence electrons. The number of benzene rings is 1. The lowest BCUT2D eigenvalue weighted by molar-refractivity contribution is -0.121. The van der Waals surface area contributed by atoms with E-state index < -0.39 is 9.84 Å². The fourth-order valence-electron chi connectivity index (χ4n) is 2.78. The van der Waals surface area contributed by atoms with Crippen LogP contribution >= 0.6 is 0 Å². The second-order valence-electron chi connectivity index (χ2n) is 6.31. The Balaban J connectivity index is 1.78. The average Bonchev–Trinajstić information content (AvgIpc) is 2.84. The fraction of sp³-hybridized carbons (Fsp3) is 0.529. The maximum absolute atomic E-state index is 12.2. The first-order valence-corrected chi connectivity index (χ1v) is 9.66. The smallest absolute Gasteiger partial charge is 0.220 e. The molecule has 2 rings (SSSR count). The lowest BCUT2D eigenvalue weighted by Crippen LogP contribution is -2.30. The highest BCUT2D eigenvalue weighted by molar-refractivity contribution is 7.91. The third-order valence-corrected chi connectivity index (χ3v) is 6.02. The molecule has 1 N–H and O–H groups in total. The minimum absolute atomic E-state index is 0.00123. The highest BCUT2D eigenvalue weighted by Crippen LogP contribution is 2.17. The van der Waals surface area contributed by atoms with Gasteiger partial charge in [-0.15, -0.1) is 0 Å². The molecule has 0 spiro atoms. The normalized spacial score (nSPS) is 19.5. The number of nitrogens with one attached hydrogen (secondary N) is 1. The Kier molecular flexibility index (Phi) is 5.57. The summed E-state index contributed by atoms with van der Waals surface area (Å²) >= 11 is 0. The number of carbonyl (C=O) groups is 2. The number of rotatable bonds is 6. The van der Waals surface area contributed by atoms with Crippen molar-refractivity contribution >= 4 is 21.5 Å². The molecule has 5 nitrogen and oxygen atoms in total. The maximum atomic E-state index is 12.2. The van der Waals surface area contributed by atoms with E-state index in [0.717, 1.165) is 11.1 Å². The SMILES string of the molecule is Cc1ccc(C)c(C(=O)CCC(=O)NCC2CCS(=O)(=O)C2)c1. The number of aryl methyl sites for hydroxylation is 2. The Bertz CT molecular complexity index is 709. The van der Waals surface area contributed by atoms with E-state index in [1.807, 2.05) is 32.0 Å². The first-order chi connectivity index (χ1) is 10.8. The van der Waals surface area contributed by atoms with Crippen molar-refractivity contribution in [3.8, 4) is 0 Å². The lowest BCUT2D eigenvalue weighted by atomic mass is 9.99. The minimum atomic E-state index is -2.92. The second-order valence-corrected chi connectivity index (χ2v) is 8.54. The van der Waals surface area contributed by atoms with E-state index in [4.69, 9.17) is 0 Å². The first-order valence-electron chi connectivity index (χ1n) is 7.84. The second kappa shape index (κ2) is 7.25. The van der Waals surface area contributed by atoms with Gasteiger partial charge in [0.1, 0.15) is 0 Å². The topological polar surface area (TPSA) is 80.3 Å². The van der Waals surface area contributed by atoms with Crippen molar-refractivity contribution in [1.82, 2.24) is 5.32 Å². The van der Waals surface area contributed by atoms with Crippen LogP contribution in [0.5, 0.6) is 0 Å². The standard InChI is InChI=1S/C17H23NO4S/c1-12-3-4-13(2)15(9-12)16(19)5-6-17(20)18-10-14-7-8-23(21,22)11-14/h3-4,9,14H,5-8,10-11H2,1-2H3,(H,18,20). The van der Waals surface area contributed by atoms with E-state index in [-0.39, 0.29) is 42.0 Å². The van der Waals surface area contributed by atoms with Crippen LogP contribution in [0.15, 0.2) is 18.2 Å². The van der Waals surface area contributed by atoms with Crippen LogP contribution in [0, 0.1) is 19.8 Å². The molecule has 1 aliphatic heterocycles. The molecule has 0 bridgehead atoms. The van der Waals surface area contributed by atoms with Gasteiger partial charge < -0.3 is 5.32 Å². The third-order valence-electron chi connectivity index (χ3n) is 4.19. The fourth-order valence-corrected chi connectivity index (χ4v) is 4.64. The molecule has 0 aromatic heterocycles. The van der Waals surface area contributed by atoms with Gasteiger partial charge in [0.15, 0.2) is 15.6 Å². The zero-order valence-electron chi connectivity index (χ0n) is 13.6. The van der Waals surface area contributed by atoms with Crippen molar-refractivity contribution < 1.29 is 18.0 Å². The van der Waals surface area contributed by atoms with Crippen molar-refractivity contribution in [3.63, 3.8) is 0 Å². The van der Waals surface area contributed by atoms with Crippen LogP contribution in [0.2, 0.25) is 0 Å². The summed E-state index contributed by atoms with van der Waals surface area (Å²) in [4.78, 5) is 24.0. The van der Waals surface area contributed by atoms with Gasteiger partial charge in [-0.05, 0) is 37.8 Å². The Morgan fingerprint density at radius 3 is 2.61 bits per heavy atom. The van der Waals surface area contributed by atoms with Gasteiger partial charge >= 0.3 is 0 Å². The molecule has 0 radical (unpaired) electrons. The molecule has 1 amide bonds. The highest BCUT2D eigenvalue weighted by Gasteiger charge is 2.27. The van der Waals surface area contributed by atoms with Gasteiger partial charge in [0.05, 0.1) is 11.5 Å². The summed E-state index contributed by atoms with van der Waals surface area (Å²) in [5.74, 6) is 0.115. The van der Waals surface area contributed by atoms with Crippen molar-refractivity contribution in [2.45, 2.75) is 33.1 Å². The molecule has 1 aromatic rings. The highest BCUT2D eigenvalue weighted by atomic mass is 32.2. The van der Waals surface area contributed by atoms with Crippen LogP contribution in [-0.4, -0.2) is 38.2 Å². The predicted octanol–water partition coefficient (Wildman–Crippen LogP) is 1.82. The maximum Gasteiger partial charge on any atom is 0.220 e. The largest absolute Gasteiger partial charge is 0.356 e. The number of Topliss-reactive ketones (excluding diaryl/α,β-unsaturated/α-hetero) is 1. The van der Waals surface area contributed by atoms with Crippen LogP contribution in [0.4, 0.5) is 0 Å². The van der Waals surface area contributed by atoms with E-state index in [2.05, 4.69) is 5.32 Å². The monoisotopic (exact) mass is 337 g/mol. The molecule has 1 unspecified atom stereocenters. The lowest BCUT2D eigenvalue weighted by Gasteiger charge is -2.10. The summed E-state index contributed by atoms with van der Waals surface area (Å²) < 4.78 is 22.7. The number of carbonyl (C=O) groups excluding carboxylic acids is 2. The van der Waals surface area contributed by atoms with Crippen molar-refractivity contribution in [2.24, 2.45) is 5.92 Å². The molecule has 0 aliphatic carbocycles. The Hall–Kier alpha value is -1.69. The van der Waals surface area contributed by atoms with Crippen molar-refractivity contribution in [3.05, 3.63) is 34.9 Å². The van der Waals surface area contributed by atoms with Crippen LogP contribution in [0.1, 0.15) is 40.7 Å². The summed E-state index contributed by atoms with van der Waals surface area (Å²) in [6, 6.07) is 5.70. The Morgan fingerprint density at radius 2 is 1.96 bits per heavy atom. The molecule has 6 heteroatoms. The summed E-state index contributed by atoms with van der Waals surface area (Å²) in [6.07, 6.45) is 0.898. The number of ketones is 1. The molecular weight excluding hydrogens is 314 g/mol. The van der Waals surface area contributed by atoms with E-state index in [9.17, 15) is 18.0 Å². The molecule has 1 saturated heterocycles. The zero-order valence-corrected chi connectivity index (χ0v) is 14.4. The molecule has 23 heavy (non-hydrogen) atoms. The Morgan fingerprint density at radius 1 is 1.22 bits per heavy atom. The van der Waals surface area contributed by atoms with Crippen molar-refractivity contribution in [1.29, 1.82) is 0 Å². The molecule has 1 fully saturated rings. The average molecular weight is 337 g/mol. The quantitative estimate of drug-likeness (QED) is 0.803.